The zero-order chi connectivity index (χ0) is 23.0. The fourth-order valence-corrected chi connectivity index (χ4v) is 4.67. The second-order valence-electron chi connectivity index (χ2n) is 9.20. The molecule has 0 bridgehead atoms. The molecule has 7 nitrogen and oxygen atoms in total. The van der Waals surface area contributed by atoms with Gasteiger partial charge < -0.3 is 20.1 Å². The number of aromatic nitrogens is 1. The van der Waals surface area contributed by atoms with Crippen LogP contribution in [0.1, 0.15) is 24.6 Å². The van der Waals surface area contributed by atoms with Crippen molar-refractivity contribution in [2.45, 2.75) is 25.9 Å². The summed E-state index contributed by atoms with van der Waals surface area (Å²) >= 11 is 0. The van der Waals surface area contributed by atoms with Crippen LogP contribution in [0.3, 0.4) is 0 Å². The van der Waals surface area contributed by atoms with Crippen molar-refractivity contribution >= 4 is 28.2 Å². The number of carbonyl (C=O) groups is 1. The molecule has 1 fully saturated rings. The third-order valence-corrected chi connectivity index (χ3v) is 6.71. The van der Waals surface area contributed by atoms with Gasteiger partial charge in [-0.2, -0.15) is 0 Å². The molecule has 2 aliphatic heterocycles. The van der Waals surface area contributed by atoms with Gasteiger partial charge >= 0.3 is 0 Å². The number of nitrogens with one attached hydrogen (secondary N) is 1. The van der Waals surface area contributed by atoms with E-state index in [1.807, 2.05) is 32.0 Å². The zero-order valence-corrected chi connectivity index (χ0v) is 19.2. The maximum Gasteiger partial charge on any atom is 0.262 e. The molecule has 3 aromatic rings. The lowest BCUT2D eigenvalue weighted by molar-refractivity contribution is -0.118. The SMILES string of the molecule is Cc1ccc2c(N3CCN(CCC(C)(O)c4ccc5c(c4)NC(=O)CO5)CC3)cccc2n1. The molecule has 33 heavy (non-hydrogen) atoms. The number of carbonyl (C=O) groups excluding carboxylic acids is 1. The number of benzene rings is 2. The second-order valence-corrected chi connectivity index (χ2v) is 9.20. The topological polar surface area (TPSA) is 77.9 Å². The van der Waals surface area contributed by atoms with Crippen LogP contribution in [0.4, 0.5) is 11.4 Å². The van der Waals surface area contributed by atoms with E-state index in [0.29, 0.717) is 17.9 Å². The van der Waals surface area contributed by atoms with Gasteiger partial charge in [0.05, 0.1) is 16.8 Å². The third-order valence-electron chi connectivity index (χ3n) is 6.71. The summed E-state index contributed by atoms with van der Waals surface area (Å²) in [4.78, 5) is 21.1. The number of anilines is 2. The minimum absolute atomic E-state index is 0.0314. The first kappa shape index (κ1) is 21.7. The molecule has 1 aromatic heterocycles. The summed E-state index contributed by atoms with van der Waals surface area (Å²) in [7, 11) is 0. The first-order valence-electron chi connectivity index (χ1n) is 11.5. The van der Waals surface area contributed by atoms with Gasteiger partial charge in [-0.25, -0.2) is 0 Å². The Hall–Kier alpha value is -3.16. The maximum atomic E-state index is 11.6. The number of aryl methyl sites for hydroxylation is 1. The van der Waals surface area contributed by atoms with Gasteiger partial charge in [0.25, 0.3) is 5.91 Å². The molecule has 2 N–H and O–H groups in total. The lowest BCUT2D eigenvalue weighted by Crippen LogP contribution is -2.47. The summed E-state index contributed by atoms with van der Waals surface area (Å²) < 4.78 is 5.43. The number of hydrogen-bond acceptors (Lipinski definition) is 6. The molecule has 1 unspecified atom stereocenters. The van der Waals surface area contributed by atoms with Crippen LogP contribution in [-0.4, -0.2) is 60.2 Å². The van der Waals surface area contributed by atoms with Crippen LogP contribution in [0.2, 0.25) is 0 Å². The molecule has 3 heterocycles. The van der Waals surface area contributed by atoms with Crippen molar-refractivity contribution < 1.29 is 14.6 Å². The van der Waals surface area contributed by atoms with Crippen LogP contribution in [0.25, 0.3) is 10.9 Å². The number of fused-ring (bicyclic) bond motifs is 2. The van der Waals surface area contributed by atoms with Crippen molar-refractivity contribution in [3.8, 4) is 5.75 Å². The van der Waals surface area contributed by atoms with Gasteiger partial charge in [0.15, 0.2) is 6.61 Å². The van der Waals surface area contributed by atoms with E-state index in [4.69, 9.17) is 4.74 Å². The first-order chi connectivity index (χ1) is 15.9. The van der Waals surface area contributed by atoms with Gasteiger partial charge in [-0.15, -0.1) is 0 Å². The average Bonchev–Trinajstić information content (AvgIpc) is 2.82. The van der Waals surface area contributed by atoms with E-state index in [1.165, 1.54) is 11.1 Å². The molecule has 0 aliphatic carbocycles. The van der Waals surface area contributed by atoms with Crippen molar-refractivity contribution in [2.24, 2.45) is 0 Å². The maximum absolute atomic E-state index is 11.6. The Morgan fingerprint density at radius 1 is 1.12 bits per heavy atom. The molecule has 7 heteroatoms. The van der Waals surface area contributed by atoms with Crippen molar-refractivity contribution in [3.63, 3.8) is 0 Å². The Labute approximate surface area is 194 Å². The van der Waals surface area contributed by atoms with Gasteiger partial charge in [0.1, 0.15) is 5.75 Å². The summed E-state index contributed by atoms with van der Waals surface area (Å²) in [5, 5.41) is 15.2. The van der Waals surface area contributed by atoms with Crippen LogP contribution in [-0.2, 0) is 10.4 Å². The molecular formula is C26H30N4O3. The molecule has 5 rings (SSSR count). The summed E-state index contributed by atoms with van der Waals surface area (Å²) in [6.07, 6.45) is 0.609. The number of amides is 1. The Balaban J connectivity index is 1.21. The smallest absolute Gasteiger partial charge is 0.262 e. The zero-order valence-electron chi connectivity index (χ0n) is 19.2. The summed E-state index contributed by atoms with van der Waals surface area (Å²) in [6.45, 7) is 8.46. The number of piperazine rings is 1. The Morgan fingerprint density at radius 3 is 2.76 bits per heavy atom. The molecule has 1 atom stereocenters. The lowest BCUT2D eigenvalue weighted by atomic mass is 9.91. The molecule has 0 saturated carbocycles. The van der Waals surface area contributed by atoms with Crippen LogP contribution in [0, 0.1) is 6.92 Å². The molecule has 1 amide bonds. The standard InChI is InChI=1S/C26H30N4O3/c1-18-6-8-20-21(27-18)4-3-5-23(20)30-14-12-29(13-15-30)11-10-26(2,32)19-7-9-24-22(16-19)28-25(31)17-33-24/h3-9,16,32H,10-15,17H2,1-2H3,(H,28,31). The van der Waals surface area contributed by atoms with E-state index in [-0.39, 0.29) is 12.5 Å². The van der Waals surface area contributed by atoms with Crippen LogP contribution in [0.15, 0.2) is 48.5 Å². The minimum Gasteiger partial charge on any atom is -0.482 e. The molecule has 1 saturated heterocycles. The van der Waals surface area contributed by atoms with Crippen LogP contribution >= 0.6 is 0 Å². The monoisotopic (exact) mass is 446 g/mol. The van der Waals surface area contributed by atoms with E-state index in [1.54, 1.807) is 0 Å². The van der Waals surface area contributed by atoms with Gasteiger partial charge in [0, 0.05) is 49.5 Å². The van der Waals surface area contributed by atoms with Crippen molar-refractivity contribution in [1.82, 2.24) is 9.88 Å². The summed E-state index contributed by atoms with van der Waals surface area (Å²) in [5.74, 6) is 0.471. The predicted molar refractivity (Wildman–Crippen MR) is 130 cm³/mol. The van der Waals surface area contributed by atoms with Crippen LogP contribution in [0.5, 0.6) is 5.75 Å². The third kappa shape index (κ3) is 4.51. The normalized spacial score (nSPS) is 18.4. The highest BCUT2D eigenvalue weighted by molar-refractivity contribution is 5.95. The van der Waals surface area contributed by atoms with E-state index < -0.39 is 5.60 Å². The molecule has 0 radical (unpaired) electrons. The van der Waals surface area contributed by atoms with E-state index >= 15 is 0 Å². The van der Waals surface area contributed by atoms with Gasteiger partial charge in [0.2, 0.25) is 0 Å². The average molecular weight is 447 g/mol. The van der Waals surface area contributed by atoms with Crippen LogP contribution < -0.4 is 15.0 Å². The highest BCUT2D eigenvalue weighted by atomic mass is 16.5. The van der Waals surface area contributed by atoms with Gasteiger partial charge in [-0.3, -0.25) is 14.7 Å². The molecule has 2 aromatic carbocycles. The van der Waals surface area contributed by atoms with Crippen molar-refractivity contribution in [2.75, 3.05) is 49.5 Å². The molecule has 172 valence electrons. The predicted octanol–water partition coefficient (Wildman–Crippen LogP) is 3.29. The van der Waals surface area contributed by atoms with E-state index in [2.05, 4.69) is 50.4 Å². The largest absolute Gasteiger partial charge is 0.482 e. The van der Waals surface area contributed by atoms with E-state index in [0.717, 1.165) is 49.5 Å². The highest BCUT2D eigenvalue weighted by Gasteiger charge is 2.28. The number of ether oxygens (including phenoxy) is 1. The Kier molecular flexibility index (Phi) is 5.68. The van der Waals surface area contributed by atoms with E-state index in [9.17, 15) is 9.90 Å². The number of rotatable bonds is 5. The van der Waals surface area contributed by atoms with Gasteiger partial charge in [-0.1, -0.05) is 12.1 Å². The molecule has 2 aliphatic rings. The highest BCUT2D eigenvalue weighted by Crippen LogP contribution is 2.34. The first-order valence-corrected chi connectivity index (χ1v) is 11.5. The molecule has 0 spiro atoms. The number of pyridine rings is 1. The minimum atomic E-state index is -0.993. The Morgan fingerprint density at radius 2 is 1.94 bits per heavy atom. The lowest BCUT2D eigenvalue weighted by Gasteiger charge is -2.38. The number of nitrogens with zero attached hydrogens (tertiary/aromatic N) is 3. The van der Waals surface area contributed by atoms with Crippen molar-refractivity contribution in [3.05, 3.63) is 59.8 Å². The van der Waals surface area contributed by atoms with Gasteiger partial charge in [-0.05, 0) is 62.2 Å². The second kappa shape index (κ2) is 8.65. The summed E-state index contributed by atoms with van der Waals surface area (Å²) in [6, 6.07) is 16.1. The molecular weight excluding hydrogens is 416 g/mol. The fourth-order valence-electron chi connectivity index (χ4n) is 4.67. The Bertz CT molecular complexity index is 1190. The number of hydrogen-bond donors (Lipinski definition) is 2. The number of aliphatic hydroxyl groups is 1. The fraction of sp³-hybridized carbons (Fsp3) is 0.385. The van der Waals surface area contributed by atoms with Crippen molar-refractivity contribution in [1.29, 1.82) is 0 Å². The summed E-state index contributed by atoms with van der Waals surface area (Å²) in [5.41, 5.74) is 3.72. The quantitative estimate of drug-likeness (QED) is 0.626.